The van der Waals surface area contributed by atoms with Gasteiger partial charge in [-0.15, -0.1) is 0 Å². The third-order valence-corrected chi connectivity index (χ3v) is 25.4. The topological polar surface area (TPSA) is 803 Å². The van der Waals surface area contributed by atoms with Gasteiger partial charge >= 0.3 is 23.9 Å². The number of carboxylic acids is 4. The fourth-order valence-corrected chi connectivity index (χ4v) is 16.4. The van der Waals surface area contributed by atoms with Gasteiger partial charge in [0.15, 0.2) is 0 Å². The average molecular weight is 2090 g/mol. The Morgan fingerprint density at radius 3 is 1.12 bits per heavy atom. The summed E-state index contributed by atoms with van der Waals surface area (Å²) in [7, 11) is 0. The highest BCUT2D eigenvalue weighted by atomic mass is 16.4. The fourth-order valence-electron chi connectivity index (χ4n) is 16.4. The molecule has 0 saturated carbocycles. The Bertz CT molecular complexity index is 4950. The lowest BCUT2D eigenvalue weighted by molar-refractivity contribution is -0.150. The van der Waals surface area contributed by atoms with E-state index in [2.05, 4.69) is 90.4 Å². The number of aromatic hydroxyl groups is 1. The van der Waals surface area contributed by atoms with Crippen molar-refractivity contribution in [3.63, 3.8) is 0 Å². The van der Waals surface area contributed by atoms with E-state index >= 15 is 0 Å². The molecule has 3 saturated heterocycles. The molecular formula is C96H147N21O31. The first kappa shape index (κ1) is 124. The molecule has 0 aliphatic carbocycles. The van der Waals surface area contributed by atoms with Crippen LogP contribution >= 0.6 is 0 Å². The zero-order valence-corrected chi connectivity index (χ0v) is 85.2. The fraction of sp³-hybridized carbons (Fsp3) is 0.635. The van der Waals surface area contributed by atoms with Gasteiger partial charge in [0.05, 0.1) is 58.2 Å². The first-order valence-electron chi connectivity index (χ1n) is 49.5. The van der Waals surface area contributed by atoms with E-state index in [9.17, 15) is 151 Å². The van der Waals surface area contributed by atoms with Crippen molar-refractivity contribution in [1.29, 1.82) is 0 Å². The lowest BCUT2D eigenvalue weighted by Gasteiger charge is -2.31. The van der Waals surface area contributed by atoms with Crippen LogP contribution in [0.5, 0.6) is 5.75 Å². The maximum absolute atomic E-state index is 14.8. The lowest BCUT2D eigenvalue weighted by atomic mass is 9.95. The molecule has 0 bridgehead atoms. The Balaban J connectivity index is 1.24. The maximum Gasteiger partial charge on any atom is 0.326 e. The van der Waals surface area contributed by atoms with E-state index in [-0.39, 0.29) is 83.2 Å². The van der Waals surface area contributed by atoms with Crippen molar-refractivity contribution >= 4 is 136 Å². The number of carboxylic acid groups (broad SMARTS) is 4. The molecule has 0 unspecified atom stereocenters. The molecule has 3 aliphatic heterocycles. The van der Waals surface area contributed by atoms with Crippen LogP contribution in [0.1, 0.15) is 184 Å². The molecule has 20 atom stereocenters. The van der Waals surface area contributed by atoms with E-state index in [1.165, 1.54) is 36.1 Å². The van der Waals surface area contributed by atoms with Crippen LogP contribution in [0.4, 0.5) is 0 Å². The van der Waals surface area contributed by atoms with E-state index in [1.807, 2.05) is 5.32 Å². The van der Waals surface area contributed by atoms with Crippen LogP contribution in [0.3, 0.4) is 0 Å². The predicted octanol–water partition coefficient (Wildman–Crippen LogP) is -7.25. The molecule has 2 aromatic rings. The van der Waals surface area contributed by atoms with Crippen LogP contribution in [0.15, 0.2) is 54.6 Å². The van der Waals surface area contributed by atoms with Crippen LogP contribution in [0.2, 0.25) is 0 Å². The minimum atomic E-state index is -2.28. The number of nitrogens with zero attached hydrogens (tertiary/aromatic N) is 2. The number of carbonyl (C=O) groups excluding carboxylic acids is 19. The van der Waals surface area contributed by atoms with Gasteiger partial charge < -0.3 is 152 Å². The molecule has 52 nitrogen and oxygen atoms in total. The summed E-state index contributed by atoms with van der Waals surface area (Å²) in [5.41, 5.74) is 6.50. The van der Waals surface area contributed by atoms with Crippen LogP contribution in [0, 0.1) is 35.5 Å². The van der Waals surface area contributed by atoms with Gasteiger partial charge in [0.25, 0.3) is 0 Å². The minimum absolute atomic E-state index is 0.000215. The molecule has 2 aromatic carbocycles. The summed E-state index contributed by atoms with van der Waals surface area (Å²) in [6.45, 7) is 14.9. The number of phenols is 1. The van der Waals surface area contributed by atoms with Crippen molar-refractivity contribution in [3.05, 3.63) is 65.7 Å². The quantitative estimate of drug-likeness (QED) is 0.0274. The third-order valence-electron chi connectivity index (χ3n) is 25.4. The molecule has 52 heteroatoms. The average Bonchev–Trinajstić information content (AvgIpc) is 1.74. The molecular weight excluding hydrogens is 1940 g/mol. The smallest absolute Gasteiger partial charge is 0.326 e. The number of nitrogens with one attached hydrogen (secondary N) is 18. The Kier molecular flexibility index (Phi) is 51.6. The number of phenolic OH excluding ortho intramolecular Hbond substituents is 1. The Labute approximate surface area is 855 Å². The summed E-state index contributed by atoms with van der Waals surface area (Å²) < 4.78 is 0. The van der Waals surface area contributed by atoms with Crippen molar-refractivity contribution in [2.24, 2.45) is 41.2 Å². The van der Waals surface area contributed by atoms with Gasteiger partial charge in [0.2, 0.25) is 112 Å². The zero-order chi connectivity index (χ0) is 111. The Morgan fingerprint density at radius 1 is 0.358 bits per heavy atom. The number of aliphatic carboxylic acids is 4. The van der Waals surface area contributed by atoms with Crippen molar-refractivity contribution < 1.29 is 151 Å². The predicted molar refractivity (Wildman–Crippen MR) is 524 cm³/mol. The number of rotatable bonds is 62. The van der Waals surface area contributed by atoms with E-state index in [0.717, 1.165) is 4.90 Å². The first-order valence-corrected chi connectivity index (χ1v) is 49.5. The summed E-state index contributed by atoms with van der Waals surface area (Å²) in [6, 6.07) is -15.0. The molecule has 822 valence electrons. The van der Waals surface area contributed by atoms with Gasteiger partial charge in [-0.1, -0.05) is 138 Å². The Hall–Kier alpha value is -14.1. The summed E-state index contributed by atoms with van der Waals surface area (Å²) in [4.78, 5) is 318. The van der Waals surface area contributed by atoms with Crippen molar-refractivity contribution in [2.75, 3.05) is 59.1 Å². The van der Waals surface area contributed by atoms with Crippen LogP contribution in [-0.2, 0) is 123 Å². The molecule has 3 aliphatic rings. The van der Waals surface area contributed by atoms with E-state index in [4.69, 9.17) is 5.73 Å². The molecule has 0 aromatic heterocycles. The SMILES string of the molecule is CC[C@H](C)[C@H](NC(=O)[C@H](Cc1ccccc1)NC(=O)[C@@H](NC(=O)[C@H](CC(=O)O)NC(=O)[C@H](CC(=O)O)NC(=O)[C@H](CC(=O)O)NC(=O)[C@H](Cc1ccc(O)cc1)NC(=O)[C@@H](NC(=O)[C@@H]1CCCN1)C(C)C)[C@@H](C)CC)C(=O)NCC(=O)N[C@H](C(=O)N1CCC[C@H]1C(=O)NCC(=O)N[C@H](C(=O)N[C@@H](CCCCN)C(=O)N[C@@H](CO)C(=O)N[C@@H](CO)C(=O)N[C@@H](CO)C(=O)N[C@H](C(=O)N1CCC[C@H]1C(=O)O)C(C)C)C(C)C)C(C)C. The summed E-state index contributed by atoms with van der Waals surface area (Å²) in [5, 5.41) is 124. The van der Waals surface area contributed by atoms with Crippen LogP contribution < -0.4 is 101 Å². The van der Waals surface area contributed by atoms with Gasteiger partial charge in [-0.2, -0.15) is 0 Å². The van der Waals surface area contributed by atoms with Crippen molar-refractivity contribution in [3.8, 4) is 5.75 Å². The second-order valence-corrected chi connectivity index (χ2v) is 38.3. The molecule has 19 amide bonds. The first-order chi connectivity index (χ1) is 69.8. The van der Waals surface area contributed by atoms with Gasteiger partial charge in [-0.25, -0.2) is 4.79 Å². The number of benzene rings is 2. The van der Waals surface area contributed by atoms with Crippen molar-refractivity contribution in [2.45, 2.75) is 295 Å². The van der Waals surface area contributed by atoms with E-state index < -0.39 is 333 Å². The van der Waals surface area contributed by atoms with Gasteiger partial charge in [0.1, 0.15) is 108 Å². The van der Waals surface area contributed by atoms with Gasteiger partial charge in [-0.3, -0.25) is 105 Å². The van der Waals surface area contributed by atoms with E-state index in [1.54, 1.807) is 106 Å². The highest BCUT2D eigenvalue weighted by Crippen LogP contribution is 2.25. The monoisotopic (exact) mass is 2090 g/mol. The molecule has 3 fully saturated rings. The molecule has 5 rings (SSSR count). The summed E-state index contributed by atoms with van der Waals surface area (Å²) in [5.74, 6) is -30.5. The highest BCUT2D eigenvalue weighted by Gasteiger charge is 2.46. The standard InChI is InChI=1S/C96H147N21O31/c1-13-51(11)77(114-84(135)59(37-53-23-16-15-17-24-53)106-93(144)78(52(12)14-2)115-85(136)62(41-72(128)129)104-83(134)61(40-71(126)127)103-82(133)60(39-70(124)125)102-81(132)58(38-54-29-31-55(121)32-30-54)105-92(143)74(48(5)6)112-79(130)56-26-20-34-98-56)90(141)100-43-69(123)111-75(49(7)8)94(145)116-35-21-27-66(116)89(140)99-42-68(122)110-73(47(3)4)91(142)101-57(25-18-19-33-97)80(131)107-63(44-118)86(137)108-64(45-119)87(138)109-65(46-120)88(139)113-76(50(9)10)95(146)117-36-22-28-67(117)96(147)148/h15-17,23-24,29-32,47-52,56-67,73-78,98,118-121H,13-14,18-22,25-28,33-46,97H2,1-12H3,(H,99,140)(H,100,141)(H,101,142)(H,102,132)(H,103,133)(H,104,134)(H,105,143)(H,106,144)(H,107,131)(H,108,137)(H,109,138)(H,110,122)(H,111,123)(H,112,130)(H,113,139)(H,114,135)(H,115,136)(H,124,125)(H,126,127)(H,128,129)(H,147,148)/t51-,52-,56-,57-,58-,59-,60-,61-,62-,63-,64-,65-,66-,67-,73-,74-,75-,76-,77-,78-/m0/s1. The largest absolute Gasteiger partial charge is 0.508 e. The number of aliphatic hydroxyl groups excluding tert-OH is 3. The number of hydrogen-bond donors (Lipinski definition) is 27. The second kappa shape index (κ2) is 61.5. The summed E-state index contributed by atoms with van der Waals surface area (Å²) in [6.07, 6.45) is -1.70. The number of aliphatic hydroxyl groups is 3. The van der Waals surface area contributed by atoms with Gasteiger partial charge in [-0.05, 0) is 130 Å². The molecule has 3 heterocycles. The molecule has 0 spiro atoms. The highest BCUT2D eigenvalue weighted by molar-refractivity contribution is 6.03. The molecule has 0 radical (unpaired) electrons. The van der Waals surface area contributed by atoms with Gasteiger partial charge in [0, 0.05) is 25.9 Å². The van der Waals surface area contributed by atoms with Crippen LogP contribution in [0.25, 0.3) is 0 Å². The second-order valence-electron chi connectivity index (χ2n) is 38.3. The zero-order valence-electron chi connectivity index (χ0n) is 85.2. The number of unbranched alkanes of at least 4 members (excludes halogenated alkanes) is 1. The number of hydrogen-bond acceptors (Lipinski definition) is 29. The number of amides is 19. The number of carbonyl (C=O) groups is 23. The van der Waals surface area contributed by atoms with E-state index in [0.29, 0.717) is 43.4 Å². The number of likely N-dealkylation sites (tertiary alicyclic amines) is 2. The molecule has 28 N–H and O–H groups in total. The summed E-state index contributed by atoms with van der Waals surface area (Å²) >= 11 is 0. The normalized spacial score (nSPS) is 17.8. The Morgan fingerprint density at radius 2 is 0.703 bits per heavy atom. The molecule has 148 heavy (non-hydrogen) atoms. The third kappa shape index (κ3) is 39.2. The lowest BCUT2D eigenvalue weighted by Crippen LogP contribution is -2.62. The van der Waals surface area contributed by atoms with Crippen LogP contribution in [-0.4, -0.2) is 355 Å². The number of nitrogens with two attached hydrogens (primary N) is 1. The van der Waals surface area contributed by atoms with Crippen molar-refractivity contribution in [1.82, 2.24) is 106 Å². The maximum atomic E-state index is 14.8. The minimum Gasteiger partial charge on any atom is -0.508 e.